The van der Waals surface area contributed by atoms with E-state index in [9.17, 15) is 8.42 Å². The molecule has 0 saturated carbocycles. The van der Waals surface area contributed by atoms with E-state index in [1.165, 1.54) is 49.2 Å². The second-order valence-electron chi connectivity index (χ2n) is 10.6. The highest BCUT2D eigenvalue weighted by Gasteiger charge is 2.18. The van der Waals surface area contributed by atoms with Crippen LogP contribution in [0.5, 0.6) is 23.0 Å². The summed E-state index contributed by atoms with van der Waals surface area (Å²) in [6, 6.07) is 16.3. The van der Waals surface area contributed by atoms with E-state index in [4.69, 9.17) is 19.5 Å². The van der Waals surface area contributed by atoms with Gasteiger partial charge in [0, 0.05) is 36.8 Å². The first-order chi connectivity index (χ1) is 20.8. The molecule has 5 rings (SSSR count). The van der Waals surface area contributed by atoms with Crippen molar-refractivity contribution in [2.75, 3.05) is 38.1 Å². The van der Waals surface area contributed by atoms with E-state index in [0.29, 0.717) is 34.8 Å². The molecule has 3 aromatic carbocycles. The van der Waals surface area contributed by atoms with Crippen LogP contribution in [0.15, 0.2) is 71.8 Å². The van der Waals surface area contributed by atoms with Crippen LogP contribution in [0, 0.1) is 23.1 Å². The van der Waals surface area contributed by atoms with Gasteiger partial charge in [-0.05, 0) is 74.2 Å². The van der Waals surface area contributed by atoms with E-state index < -0.39 is 15.8 Å². The largest absolute Gasteiger partial charge is 0.493 e. The van der Waals surface area contributed by atoms with Gasteiger partial charge in [0.15, 0.2) is 23.1 Å². The first-order valence-electron chi connectivity index (χ1n) is 14.1. The van der Waals surface area contributed by atoms with Crippen LogP contribution >= 0.6 is 0 Å². The van der Waals surface area contributed by atoms with Crippen molar-refractivity contribution >= 4 is 26.6 Å². The van der Waals surface area contributed by atoms with Gasteiger partial charge in [0.1, 0.15) is 5.75 Å². The van der Waals surface area contributed by atoms with Crippen molar-refractivity contribution in [3.05, 3.63) is 78.2 Å². The van der Waals surface area contributed by atoms with Crippen molar-refractivity contribution in [2.45, 2.75) is 31.1 Å². The Hall–Kier alpha value is -4.40. The highest BCUT2D eigenvalue weighted by Crippen LogP contribution is 2.38. The second kappa shape index (κ2) is 13.3. The number of halogens is 1. The molecule has 1 aromatic heterocycles. The number of pyridine rings is 1. The lowest BCUT2D eigenvalue weighted by atomic mass is 10.0. The number of methoxy groups -OCH3 is 1. The number of aromatic nitrogens is 1. The summed E-state index contributed by atoms with van der Waals surface area (Å²) in [4.78, 5) is 6.81. The fourth-order valence-corrected chi connectivity index (χ4v) is 6.26. The zero-order valence-corrected chi connectivity index (χ0v) is 24.9. The molecule has 4 aromatic rings. The third kappa shape index (κ3) is 7.34. The summed E-state index contributed by atoms with van der Waals surface area (Å²) in [6.45, 7) is 6.07. The van der Waals surface area contributed by atoms with Crippen LogP contribution in [0.1, 0.15) is 31.7 Å². The molecule has 224 valence electrons. The maximum absolute atomic E-state index is 15.1. The van der Waals surface area contributed by atoms with Crippen molar-refractivity contribution in [3.63, 3.8) is 0 Å². The Morgan fingerprint density at radius 2 is 1.95 bits per heavy atom. The van der Waals surface area contributed by atoms with Gasteiger partial charge in [-0.1, -0.05) is 13.0 Å². The number of benzene rings is 3. The average molecular weight is 605 g/mol. The number of nitrogens with zero attached hydrogens (tertiary/aromatic N) is 3. The molecule has 1 aliphatic rings. The normalized spacial score (nSPS) is 15.5. The van der Waals surface area contributed by atoms with Crippen LogP contribution in [0.2, 0.25) is 0 Å². The molecule has 1 N–H and O–H groups in total. The van der Waals surface area contributed by atoms with Gasteiger partial charge < -0.3 is 19.1 Å². The molecular formula is C32H33FN4O5S. The number of nitrogens with one attached hydrogen (secondary N) is 1. The van der Waals surface area contributed by atoms with Crippen LogP contribution in [0.4, 0.5) is 10.1 Å². The Morgan fingerprint density at radius 1 is 1.09 bits per heavy atom. The lowest BCUT2D eigenvalue weighted by molar-refractivity contribution is 0.169. The molecule has 0 radical (unpaired) electrons. The molecule has 1 saturated heterocycles. The monoisotopic (exact) mass is 604 g/mol. The second-order valence-corrected chi connectivity index (χ2v) is 12.3. The molecule has 1 atom stereocenters. The molecule has 0 aliphatic carbocycles. The molecule has 43 heavy (non-hydrogen) atoms. The summed E-state index contributed by atoms with van der Waals surface area (Å²) < 4.78 is 60.5. The van der Waals surface area contributed by atoms with Crippen molar-refractivity contribution in [3.8, 4) is 29.1 Å². The average Bonchev–Trinajstić information content (AvgIpc) is 3.00. The van der Waals surface area contributed by atoms with Gasteiger partial charge in [0.05, 0.1) is 41.4 Å². The van der Waals surface area contributed by atoms with Crippen LogP contribution in [-0.2, 0) is 10.0 Å². The Labute approximate surface area is 250 Å². The fraction of sp³-hybridized carbons (Fsp3) is 0.312. The first-order valence-corrected chi connectivity index (χ1v) is 15.6. The Bertz CT molecular complexity index is 1760. The molecule has 0 bridgehead atoms. The number of hydrogen-bond donors (Lipinski definition) is 1. The third-order valence-corrected chi connectivity index (χ3v) is 8.66. The van der Waals surface area contributed by atoms with E-state index in [1.54, 1.807) is 31.5 Å². The van der Waals surface area contributed by atoms with Gasteiger partial charge in [-0.15, -0.1) is 0 Å². The molecule has 1 unspecified atom stereocenters. The minimum absolute atomic E-state index is 0.00468. The minimum atomic E-state index is -4.04. The number of sulfonamides is 1. The van der Waals surface area contributed by atoms with Gasteiger partial charge in [-0.25, -0.2) is 12.8 Å². The summed E-state index contributed by atoms with van der Waals surface area (Å²) in [5.41, 5.74) is 0.785. The smallest absolute Gasteiger partial charge is 0.261 e. The van der Waals surface area contributed by atoms with Crippen LogP contribution in [-0.4, -0.2) is 51.7 Å². The molecule has 0 amide bonds. The fourth-order valence-electron chi connectivity index (χ4n) is 5.16. The zero-order valence-electron chi connectivity index (χ0n) is 24.0. The molecule has 1 fully saturated rings. The van der Waals surface area contributed by atoms with E-state index >= 15 is 4.39 Å². The van der Waals surface area contributed by atoms with Gasteiger partial charge >= 0.3 is 0 Å². The van der Waals surface area contributed by atoms with E-state index in [-0.39, 0.29) is 21.9 Å². The number of hydrogen-bond acceptors (Lipinski definition) is 8. The summed E-state index contributed by atoms with van der Waals surface area (Å²) in [5.74, 6) is 1.27. The predicted octanol–water partition coefficient (Wildman–Crippen LogP) is 6.35. The van der Waals surface area contributed by atoms with Gasteiger partial charge in [0.2, 0.25) is 0 Å². The van der Waals surface area contributed by atoms with Gasteiger partial charge in [0.25, 0.3) is 10.0 Å². The number of ether oxygens (including phenoxy) is 3. The number of fused-ring (bicyclic) bond motifs is 1. The quantitative estimate of drug-likeness (QED) is 0.197. The van der Waals surface area contributed by atoms with Crippen molar-refractivity contribution in [1.29, 1.82) is 5.26 Å². The number of piperidine rings is 1. The lowest BCUT2D eigenvalue weighted by Gasteiger charge is -2.30. The standard InChI is InChI=1S/C32H33FN4O5S/c1-22-6-4-13-37(21-22)14-5-15-41-32-19-28-26(18-31(32)40-2)29(11-12-35-28)42-30-10-9-24(17-27(30)33)36-43(38,39)25-8-3-7-23(16-25)20-34/h3,7-12,16-19,22,36H,4-6,13-15,21H2,1-2H3. The molecule has 11 heteroatoms. The Morgan fingerprint density at radius 3 is 2.72 bits per heavy atom. The van der Waals surface area contributed by atoms with Crippen molar-refractivity contribution in [2.24, 2.45) is 5.92 Å². The summed E-state index contributed by atoms with van der Waals surface area (Å²) in [6.07, 6.45) is 4.98. The predicted molar refractivity (Wildman–Crippen MR) is 162 cm³/mol. The maximum atomic E-state index is 15.1. The molecule has 9 nitrogen and oxygen atoms in total. The van der Waals surface area contributed by atoms with Crippen molar-refractivity contribution < 1.29 is 27.0 Å². The third-order valence-electron chi connectivity index (χ3n) is 7.28. The van der Waals surface area contributed by atoms with E-state index in [0.717, 1.165) is 38.0 Å². The van der Waals surface area contributed by atoms with E-state index in [2.05, 4.69) is 21.5 Å². The Kier molecular flexibility index (Phi) is 9.28. The lowest BCUT2D eigenvalue weighted by Crippen LogP contribution is -2.35. The van der Waals surface area contributed by atoms with E-state index in [1.807, 2.05) is 6.07 Å². The van der Waals surface area contributed by atoms with Crippen LogP contribution in [0.25, 0.3) is 10.9 Å². The Balaban J connectivity index is 1.28. The maximum Gasteiger partial charge on any atom is 0.261 e. The van der Waals surface area contributed by atoms with Crippen LogP contribution in [0.3, 0.4) is 0 Å². The molecular weight excluding hydrogens is 571 g/mol. The number of rotatable bonds is 11. The minimum Gasteiger partial charge on any atom is -0.493 e. The van der Waals surface area contributed by atoms with Crippen molar-refractivity contribution in [1.82, 2.24) is 9.88 Å². The topological polar surface area (TPSA) is 114 Å². The molecule has 0 spiro atoms. The zero-order chi connectivity index (χ0) is 30.4. The highest BCUT2D eigenvalue weighted by molar-refractivity contribution is 7.92. The summed E-state index contributed by atoms with van der Waals surface area (Å²) >= 11 is 0. The number of likely N-dealkylation sites (tertiary alicyclic amines) is 1. The molecule has 2 heterocycles. The number of anilines is 1. The summed E-state index contributed by atoms with van der Waals surface area (Å²) in [5, 5.41) is 9.65. The van der Waals surface area contributed by atoms with Gasteiger partial charge in [-0.2, -0.15) is 5.26 Å². The summed E-state index contributed by atoms with van der Waals surface area (Å²) in [7, 11) is -2.49. The SMILES string of the molecule is COc1cc2c(Oc3ccc(NS(=O)(=O)c4cccc(C#N)c4)cc3F)ccnc2cc1OCCCN1CCCC(C)C1. The number of nitriles is 1. The molecule has 1 aliphatic heterocycles. The van der Waals surface area contributed by atoms with Gasteiger partial charge in [-0.3, -0.25) is 9.71 Å². The first kappa shape index (κ1) is 30.1. The van der Waals surface area contributed by atoms with Crippen LogP contribution < -0.4 is 18.9 Å². The highest BCUT2D eigenvalue weighted by atomic mass is 32.2.